The van der Waals surface area contributed by atoms with Crippen molar-refractivity contribution in [1.82, 2.24) is 5.32 Å². The lowest BCUT2D eigenvalue weighted by Crippen LogP contribution is -2.29. The third kappa shape index (κ3) is 7.05. The Morgan fingerprint density at radius 1 is 1.06 bits per heavy atom. The fraction of sp³-hybridized carbons (Fsp3) is 0.867. The quantitative estimate of drug-likeness (QED) is 0.450. The largest absolute Gasteiger partial charge is 0.311 e. The molecule has 1 unspecified atom stereocenters. The van der Waals surface area contributed by atoms with E-state index in [1.54, 1.807) is 0 Å². The van der Waals surface area contributed by atoms with Crippen molar-refractivity contribution in [2.45, 2.75) is 77.2 Å². The summed E-state index contributed by atoms with van der Waals surface area (Å²) in [5.74, 6) is 0. The highest BCUT2D eigenvalue weighted by atomic mass is 14.9. The third-order valence-electron chi connectivity index (χ3n) is 3.44. The molecule has 16 heavy (non-hydrogen) atoms. The van der Waals surface area contributed by atoms with Crippen molar-refractivity contribution in [3.63, 3.8) is 0 Å². The monoisotopic (exact) mass is 223 g/mol. The van der Waals surface area contributed by atoms with Crippen LogP contribution in [0.3, 0.4) is 0 Å². The fourth-order valence-electron chi connectivity index (χ4n) is 2.35. The Kier molecular flexibility index (Phi) is 8.51. The van der Waals surface area contributed by atoms with E-state index in [4.69, 9.17) is 0 Å². The molecule has 1 heteroatoms. The molecule has 0 aromatic carbocycles. The van der Waals surface area contributed by atoms with E-state index >= 15 is 0 Å². The lowest BCUT2D eigenvalue weighted by Gasteiger charge is -2.17. The summed E-state index contributed by atoms with van der Waals surface area (Å²) in [5, 5.41) is 3.64. The first-order valence-corrected chi connectivity index (χ1v) is 7.33. The number of nitrogens with one attached hydrogen (secondary N) is 1. The maximum Gasteiger partial charge on any atom is 0.0250 e. The van der Waals surface area contributed by atoms with E-state index in [0.717, 1.165) is 0 Å². The minimum atomic E-state index is 0.675. The van der Waals surface area contributed by atoms with Gasteiger partial charge in [-0.3, -0.25) is 0 Å². The molecule has 0 saturated carbocycles. The van der Waals surface area contributed by atoms with Gasteiger partial charge in [0.2, 0.25) is 0 Å². The van der Waals surface area contributed by atoms with Gasteiger partial charge in [-0.2, -0.15) is 0 Å². The van der Waals surface area contributed by atoms with Crippen LogP contribution < -0.4 is 5.32 Å². The zero-order valence-corrected chi connectivity index (χ0v) is 11.0. The Hall–Kier alpha value is -0.300. The van der Waals surface area contributed by atoms with Gasteiger partial charge in [0.15, 0.2) is 0 Å². The van der Waals surface area contributed by atoms with Crippen LogP contribution in [-0.2, 0) is 0 Å². The van der Waals surface area contributed by atoms with E-state index in [2.05, 4.69) is 24.4 Å². The first-order valence-electron chi connectivity index (χ1n) is 7.33. The molecule has 1 aliphatic rings. The molecule has 0 aliphatic heterocycles. The second-order valence-electron chi connectivity index (χ2n) is 5.04. The predicted molar refractivity (Wildman–Crippen MR) is 72.8 cm³/mol. The van der Waals surface area contributed by atoms with Crippen molar-refractivity contribution in [3.8, 4) is 0 Å². The van der Waals surface area contributed by atoms with E-state index in [0.29, 0.717) is 6.04 Å². The van der Waals surface area contributed by atoms with Crippen molar-refractivity contribution in [2.24, 2.45) is 0 Å². The SMILES string of the molecule is CCCCCCCCCNC1C=CCCC1. The van der Waals surface area contributed by atoms with E-state index < -0.39 is 0 Å². The Morgan fingerprint density at radius 2 is 1.81 bits per heavy atom. The van der Waals surface area contributed by atoms with Crippen molar-refractivity contribution < 1.29 is 0 Å². The smallest absolute Gasteiger partial charge is 0.0250 e. The van der Waals surface area contributed by atoms with Crippen LogP contribution in [0.4, 0.5) is 0 Å². The molecule has 0 spiro atoms. The van der Waals surface area contributed by atoms with Gasteiger partial charge in [0.05, 0.1) is 0 Å². The van der Waals surface area contributed by atoms with E-state index in [1.165, 1.54) is 70.8 Å². The zero-order valence-electron chi connectivity index (χ0n) is 11.0. The maximum atomic E-state index is 3.64. The number of unbranched alkanes of at least 4 members (excludes halogenated alkanes) is 6. The Balaban J connectivity index is 1.80. The van der Waals surface area contributed by atoms with Gasteiger partial charge < -0.3 is 5.32 Å². The average molecular weight is 223 g/mol. The molecule has 0 bridgehead atoms. The molecular formula is C15H29N. The van der Waals surface area contributed by atoms with Crippen LogP contribution >= 0.6 is 0 Å². The van der Waals surface area contributed by atoms with Crippen molar-refractivity contribution >= 4 is 0 Å². The maximum absolute atomic E-state index is 3.64. The average Bonchev–Trinajstić information content (AvgIpc) is 2.34. The van der Waals surface area contributed by atoms with Gasteiger partial charge >= 0.3 is 0 Å². The van der Waals surface area contributed by atoms with Gasteiger partial charge in [-0.1, -0.05) is 57.6 Å². The van der Waals surface area contributed by atoms with E-state index in [9.17, 15) is 0 Å². The van der Waals surface area contributed by atoms with Crippen LogP contribution in [0.15, 0.2) is 12.2 Å². The third-order valence-corrected chi connectivity index (χ3v) is 3.44. The Labute approximate surface area is 102 Å². The van der Waals surface area contributed by atoms with Crippen molar-refractivity contribution in [2.75, 3.05) is 6.54 Å². The first kappa shape index (κ1) is 13.8. The zero-order chi connectivity index (χ0) is 11.5. The van der Waals surface area contributed by atoms with Gasteiger partial charge in [0.1, 0.15) is 0 Å². The van der Waals surface area contributed by atoms with Crippen LogP contribution in [0.1, 0.15) is 71.1 Å². The van der Waals surface area contributed by atoms with Gasteiger partial charge in [-0.15, -0.1) is 0 Å². The summed E-state index contributed by atoms with van der Waals surface area (Å²) < 4.78 is 0. The second kappa shape index (κ2) is 9.89. The molecule has 1 N–H and O–H groups in total. The summed E-state index contributed by atoms with van der Waals surface area (Å²) >= 11 is 0. The molecule has 0 amide bonds. The molecular weight excluding hydrogens is 194 g/mol. The topological polar surface area (TPSA) is 12.0 Å². The molecule has 0 radical (unpaired) electrons. The number of hydrogen-bond donors (Lipinski definition) is 1. The van der Waals surface area contributed by atoms with E-state index in [1.807, 2.05) is 0 Å². The standard InChI is InChI=1S/C15H29N/c1-2-3-4-5-6-7-11-14-16-15-12-9-8-10-13-15/h9,12,15-16H,2-8,10-11,13-14H2,1H3. The highest BCUT2D eigenvalue weighted by Gasteiger charge is 2.05. The lowest BCUT2D eigenvalue weighted by atomic mass is 10.0. The molecule has 94 valence electrons. The summed E-state index contributed by atoms with van der Waals surface area (Å²) in [6, 6.07) is 0.675. The molecule has 1 aliphatic carbocycles. The normalized spacial score (nSPS) is 20.2. The number of hydrogen-bond acceptors (Lipinski definition) is 1. The van der Waals surface area contributed by atoms with Gasteiger partial charge in [0, 0.05) is 6.04 Å². The summed E-state index contributed by atoms with van der Waals surface area (Å²) in [5.41, 5.74) is 0. The van der Waals surface area contributed by atoms with Crippen molar-refractivity contribution in [3.05, 3.63) is 12.2 Å². The predicted octanol–water partition coefficient (Wildman–Crippen LogP) is 4.44. The summed E-state index contributed by atoms with van der Waals surface area (Å²) in [4.78, 5) is 0. The van der Waals surface area contributed by atoms with Crippen LogP contribution in [-0.4, -0.2) is 12.6 Å². The number of rotatable bonds is 9. The molecule has 0 heterocycles. The van der Waals surface area contributed by atoms with Crippen molar-refractivity contribution in [1.29, 1.82) is 0 Å². The molecule has 0 aromatic heterocycles. The Morgan fingerprint density at radius 3 is 2.50 bits per heavy atom. The fourth-order valence-corrected chi connectivity index (χ4v) is 2.35. The molecule has 0 fully saturated rings. The number of allylic oxidation sites excluding steroid dienone is 1. The molecule has 0 saturated heterocycles. The van der Waals surface area contributed by atoms with Gasteiger partial charge in [-0.05, 0) is 32.2 Å². The summed E-state index contributed by atoms with van der Waals surface area (Å²) in [7, 11) is 0. The highest BCUT2D eigenvalue weighted by Crippen LogP contribution is 2.10. The van der Waals surface area contributed by atoms with Crippen LogP contribution in [0, 0.1) is 0 Å². The Bertz CT molecular complexity index is 174. The lowest BCUT2D eigenvalue weighted by molar-refractivity contribution is 0.498. The minimum absolute atomic E-state index is 0.675. The molecule has 1 atom stereocenters. The van der Waals surface area contributed by atoms with Gasteiger partial charge in [-0.25, -0.2) is 0 Å². The van der Waals surface area contributed by atoms with E-state index in [-0.39, 0.29) is 0 Å². The minimum Gasteiger partial charge on any atom is -0.311 e. The van der Waals surface area contributed by atoms with Crippen LogP contribution in [0.5, 0.6) is 0 Å². The molecule has 1 rings (SSSR count). The molecule has 1 nitrogen and oxygen atoms in total. The summed E-state index contributed by atoms with van der Waals surface area (Å²) in [6.07, 6.45) is 18.5. The summed E-state index contributed by atoms with van der Waals surface area (Å²) in [6.45, 7) is 3.49. The van der Waals surface area contributed by atoms with Gasteiger partial charge in [0.25, 0.3) is 0 Å². The van der Waals surface area contributed by atoms with Crippen LogP contribution in [0.2, 0.25) is 0 Å². The van der Waals surface area contributed by atoms with Crippen LogP contribution in [0.25, 0.3) is 0 Å². The second-order valence-corrected chi connectivity index (χ2v) is 5.04. The highest BCUT2D eigenvalue weighted by molar-refractivity contribution is 4.97. The molecule has 0 aromatic rings. The first-order chi connectivity index (χ1) is 7.93.